The van der Waals surface area contributed by atoms with Crippen molar-refractivity contribution in [1.82, 2.24) is 0 Å². The summed E-state index contributed by atoms with van der Waals surface area (Å²) >= 11 is 0. The van der Waals surface area contributed by atoms with Crippen LogP contribution >= 0.6 is 0 Å². The molecule has 29 heavy (non-hydrogen) atoms. The van der Waals surface area contributed by atoms with Crippen LogP contribution in [0.3, 0.4) is 0 Å². The summed E-state index contributed by atoms with van der Waals surface area (Å²) in [5, 5.41) is 2.89. The average Bonchev–Trinajstić information content (AvgIpc) is 3.50. The average molecular weight is 381 g/mol. The van der Waals surface area contributed by atoms with Crippen LogP contribution in [0.5, 0.6) is 0 Å². The zero-order chi connectivity index (χ0) is 20.5. The highest BCUT2D eigenvalue weighted by Gasteiger charge is 2.40. The van der Waals surface area contributed by atoms with Crippen molar-refractivity contribution in [3.05, 3.63) is 95.8 Å². The Labute approximate surface area is 171 Å². The Morgan fingerprint density at radius 2 is 1.86 bits per heavy atom. The highest BCUT2D eigenvalue weighted by atomic mass is 16.1. The van der Waals surface area contributed by atoms with E-state index in [-0.39, 0.29) is 11.7 Å². The van der Waals surface area contributed by atoms with Gasteiger partial charge in [0.1, 0.15) is 0 Å². The molecule has 2 aliphatic rings. The molecular weight excluding hydrogens is 358 g/mol. The van der Waals surface area contributed by atoms with Crippen molar-refractivity contribution in [2.45, 2.75) is 26.7 Å². The number of hydrogen-bond donors (Lipinski definition) is 1. The third kappa shape index (κ3) is 3.61. The second-order valence-corrected chi connectivity index (χ2v) is 7.38. The first-order chi connectivity index (χ1) is 14.0. The predicted octanol–water partition coefficient (Wildman–Crippen LogP) is 5.65. The van der Waals surface area contributed by atoms with Crippen molar-refractivity contribution in [2.24, 2.45) is 0 Å². The van der Waals surface area contributed by atoms with Crippen LogP contribution < -0.4 is 5.32 Å². The molecule has 144 valence electrons. The topological polar surface area (TPSA) is 46.2 Å². The summed E-state index contributed by atoms with van der Waals surface area (Å²) < 4.78 is 0. The second kappa shape index (κ2) is 7.67. The lowest BCUT2D eigenvalue weighted by molar-refractivity contribution is -0.116. The van der Waals surface area contributed by atoms with Gasteiger partial charge in [0, 0.05) is 24.1 Å². The van der Waals surface area contributed by atoms with E-state index in [1.807, 2.05) is 56.7 Å². The molecule has 0 spiro atoms. The van der Waals surface area contributed by atoms with E-state index in [0.717, 1.165) is 57.0 Å². The number of allylic oxidation sites excluding steroid dienone is 5. The maximum absolute atomic E-state index is 13.2. The largest absolute Gasteiger partial charge is 0.326 e. The number of nitrogens with one attached hydrogen (secondary N) is 1. The molecule has 2 aliphatic carbocycles. The highest BCUT2D eigenvalue weighted by Crippen LogP contribution is 2.50. The van der Waals surface area contributed by atoms with Gasteiger partial charge in [-0.2, -0.15) is 0 Å². The molecule has 0 unspecified atom stereocenters. The van der Waals surface area contributed by atoms with Gasteiger partial charge in [-0.05, 0) is 58.9 Å². The van der Waals surface area contributed by atoms with E-state index in [4.69, 9.17) is 0 Å². The fourth-order valence-corrected chi connectivity index (χ4v) is 3.83. The monoisotopic (exact) mass is 381 g/mol. The standard InChI is InChI=1S/C26H23NO2/c1-4-6-17-8-13-20-16(3)25(26(29)23-15-22(23)21(20)14-17)18-9-11-19(12-10-18)27-24(28)7-5-2/h4,6,8-15H,1,5,7H2,2-3H3,(H,27,28). The van der Waals surface area contributed by atoms with E-state index in [2.05, 4.69) is 24.0 Å². The van der Waals surface area contributed by atoms with E-state index >= 15 is 0 Å². The van der Waals surface area contributed by atoms with Crippen LogP contribution in [0.4, 0.5) is 5.69 Å². The Balaban J connectivity index is 1.71. The van der Waals surface area contributed by atoms with Crippen LogP contribution in [0.25, 0.3) is 16.7 Å². The second-order valence-electron chi connectivity index (χ2n) is 7.38. The minimum Gasteiger partial charge on any atom is -0.326 e. The van der Waals surface area contributed by atoms with Crippen LogP contribution in [0, 0.1) is 12.3 Å². The molecule has 1 amide bonds. The van der Waals surface area contributed by atoms with Gasteiger partial charge in [-0.3, -0.25) is 9.59 Å². The molecule has 3 nitrogen and oxygen atoms in total. The maximum Gasteiger partial charge on any atom is 0.224 e. The van der Waals surface area contributed by atoms with Crippen LogP contribution in [0.15, 0.2) is 61.2 Å². The van der Waals surface area contributed by atoms with Gasteiger partial charge in [0.05, 0.1) is 5.92 Å². The summed E-state index contributed by atoms with van der Waals surface area (Å²) in [7, 11) is 0. The minimum atomic E-state index is 0.00428. The zero-order valence-electron chi connectivity index (χ0n) is 16.7. The molecule has 0 saturated heterocycles. The number of Topliss-reactive ketones (excluding diaryl/α,β-unsaturated/α-hetero) is 1. The van der Waals surface area contributed by atoms with Gasteiger partial charge < -0.3 is 5.32 Å². The molecular formula is C26H23NO2. The first kappa shape index (κ1) is 19.1. The molecule has 4 rings (SSSR count). The molecule has 0 atom stereocenters. The lowest BCUT2D eigenvalue weighted by atomic mass is 9.91. The van der Waals surface area contributed by atoms with E-state index < -0.39 is 0 Å². The van der Waals surface area contributed by atoms with Gasteiger partial charge in [-0.1, -0.05) is 49.4 Å². The normalized spacial score (nSPS) is 15.2. The van der Waals surface area contributed by atoms with E-state index in [9.17, 15) is 9.59 Å². The van der Waals surface area contributed by atoms with Gasteiger partial charge >= 0.3 is 0 Å². The summed E-state index contributed by atoms with van der Waals surface area (Å²) in [4.78, 5) is 25.0. The number of rotatable bonds is 6. The molecule has 2 aromatic rings. The number of benzene rings is 2. The Hall–Kier alpha value is -3.20. The van der Waals surface area contributed by atoms with E-state index in [1.54, 1.807) is 6.08 Å². The van der Waals surface area contributed by atoms with E-state index in [0.29, 0.717) is 6.42 Å². The lowest BCUT2D eigenvalue weighted by Gasteiger charge is -2.13. The van der Waals surface area contributed by atoms with Gasteiger partial charge in [-0.25, -0.2) is 0 Å². The lowest BCUT2D eigenvalue weighted by Crippen LogP contribution is -2.10. The first-order valence-electron chi connectivity index (χ1n) is 9.89. The number of carbonyl (C=O) groups excluding carboxylic acids is 2. The maximum atomic E-state index is 13.2. The number of anilines is 1. The number of hydrogen-bond acceptors (Lipinski definition) is 2. The quantitative estimate of drug-likeness (QED) is 0.703. The van der Waals surface area contributed by atoms with Crippen molar-refractivity contribution >= 4 is 34.1 Å². The van der Waals surface area contributed by atoms with Crippen LogP contribution in [-0.2, 0) is 9.59 Å². The van der Waals surface area contributed by atoms with Gasteiger partial charge in [0.25, 0.3) is 0 Å². The number of fused-ring (bicyclic) bond motifs is 3. The molecule has 2 aromatic carbocycles. The zero-order valence-corrected chi connectivity index (χ0v) is 16.7. The minimum absolute atomic E-state index is 0.00428. The number of ketones is 1. The molecule has 0 saturated carbocycles. The molecule has 3 heteroatoms. The number of amides is 1. The smallest absolute Gasteiger partial charge is 0.224 e. The molecule has 0 fully saturated rings. The summed E-state index contributed by atoms with van der Waals surface area (Å²) in [5.41, 5.74) is 7.57. The van der Waals surface area contributed by atoms with Crippen molar-refractivity contribution in [1.29, 1.82) is 0 Å². The van der Waals surface area contributed by atoms with Crippen LogP contribution in [0.2, 0.25) is 0 Å². The van der Waals surface area contributed by atoms with Crippen LogP contribution in [0.1, 0.15) is 48.9 Å². The summed E-state index contributed by atoms with van der Waals surface area (Å²) in [5.74, 6) is 0.851. The molecule has 0 bridgehead atoms. The summed E-state index contributed by atoms with van der Waals surface area (Å²) in [6.07, 6.45) is 7.00. The fourth-order valence-electron chi connectivity index (χ4n) is 3.83. The third-order valence-electron chi connectivity index (χ3n) is 5.32. The third-order valence-corrected chi connectivity index (χ3v) is 5.32. The van der Waals surface area contributed by atoms with Gasteiger partial charge in [-0.15, -0.1) is 6.58 Å². The Morgan fingerprint density at radius 1 is 1.10 bits per heavy atom. The Morgan fingerprint density at radius 3 is 2.55 bits per heavy atom. The van der Waals surface area contributed by atoms with Gasteiger partial charge in [0.15, 0.2) is 5.78 Å². The summed E-state index contributed by atoms with van der Waals surface area (Å²) in [6.45, 7) is 7.75. The molecule has 0 aliphatic heterocycles. The Kier molecular flexibility index (Phi) is 5.06. The molecule has 1 N–H and O–H groups in total. The SMILES string of the molecule is C=C[CH]c1ccc2c(c1)C1=C[C]1C(=O)C(c1ccc(NC(=O)CCC)cc1)=C2C. The molecule has 0 aromatic heterocycles. The van der Waals surface area contributed by atoms with Crippen LogP contribution in [-0.4, -0.2) is 11.7 Å². The molecule has 0 heterocycles. The molecule has 2 radical (unpaired) electrons. The summed E-state index contributed by atoms with van der Waals surface area (Å²) in [6, 6.07) is 13.8. The van der Waals surface area contributed by atoms with Crippen molar-refractivity contribution < 1.29 is 9.59 Å². The number of carbonyl (C=O) groups is 2. The van der Waals surface area contributed by atoms with Crippen molar-refractivity contribution in [3.63, 3.8) is 0 Å². The predicted molar refractivity (Wildman–Crippen MR) is 119 cm³/mol. The van der Waals surface area contributed by atoms with Gasteiger partial charge in [0.2, 0.25) is 5.91 Å². The highest BCUT2D eigenvalue weighted by molar-refractivity contribution is 6.43. The Bertz CT molecular complexity index is 1070. The first-order valence-corrected chi connectivity index (χ1v) is 9.89. The van der Waals surface area contributed by atoms with E-state index in [1.165, 1.54) is 0 Å². The fraction of sp³-hybridized carbons (Fsp3) is 0.154. The van der Waals surface area contributed by atoms with Crippen molar-refractivity contribution in [2.75, 3.05) is 5.32 Å². The van der Waals surface area contributed by atoms with Crippen molar-refractivity contribution in [3.8, 4) is 0 Å².